The second kappa shape index (κ2) is 8.57. The largest absolute Gasteiger partial charge is 0.496 e. The predicted octanol–water partition coefficient (Wildman–Crippen LogP) is 4.31. The Morgan fingerprint density at radius 1 is 1.00 bits per heavy atom. The molecule has 9 nitrogen and oxygen atoms in total. The fourth-order valence-electron chi connectivity index (χ4n) is 4.22. The molecule has 3 aromatic rings. The van der Waals surface area contributed by atoms with Crippen LogP contribution in [0.2, 0.25) is 0 Å². The summed E-state index contributed by atoms with van der Waals surface area (Å²) in [5.41, 5.74) is 2.57. The van der Waals surface area contributed by atoms with Crippen LogP contribution in [0.5, 0.6) is 5.75 Å². The summed E-state index contributed by atoms with van der Waals surface area (Å²) in [5, 5.41) is 22.7. The Labute approximate surface area is 178 Å². The molecular weight excluding hydrogens is 400 g/mol. The van der Waals surface area contributed by atoms with Gasteiger partial charge in [0.25, 0.3) is 11.4 Å². The van der Waals surface area contributed by atoms with Crippen molar-refractivity contribution in [3.63, 3.8) is 0 Å². The normalized spacial score (nSPS) is 16.4. The summed E-state index contributed by atoms with van der Waals surface area (Å²) in [4.78, 5) is 24.0. The van der Waals surface area contributed by atoms with E-state index in [1.165, 1.54) is 25.3 Å². The van der Waals surface area contributed by atoms with Gasteiger partial charge in [0.05, 0.1) is 23.0 Å². The second-order valence-electron chi connectivity index (χ2n) is 7.46. The van der Waals surface area contributed by atoms with Crippen LogP contribution in [0.15, 0.2) is 60.8 Å². The summed E-state index contributed by atoms with van der Waals surface area (Å²) in [5.74, 6) is 0.572. The maximum Gasteiger partial charge on any atom is 0.270 e. The molecule has 1 atom stereocenters. The van der Waals surface area contributed by atoms with Gasteiger partial charge < -0.3 is 9.30 Å². The van der Waals surface area contributed by atoms with Gasteiger partial charge >= 0.3 is 0 Å². The molecule has 0 spiro atoms. The minimum absolute atomic E-state index is 0.000830. The van der Waals surface area contributed by atoms with Gasteiger partial charge in [-0.25, -0.2) is 0 Å². The van der Waals surface area contributed by atoms with Gasteiger partial charge in [0.2, 0.25) is 0 Å². The number of nitro benzene ring substituents is 2. The van der Waals surface area contributed by atoms with Crippen molar-refractivity contribution in [3.05, 3.63) is 97.8 Å². The number of nitro groups is 2. The Balaban J connectivity index is 1.79. The van der Waals surface area contributed by atoms with Crippen molar-refractivity contribution in [2.24, 2.45) is 0 Å². The zero-order chi connectivity index (χ0) is 22.0. The van der Waals surface area contributed by atoms with Gasteiger partial charge in [-0.15, -0.1) is 0 Å². The number of nitrogens with zero attached hydrogens (tertiary/aromatic N) is 4. The molecule has 2 aromatic carbocycles. The van der Waals surface area contributed by atoms with E-state index in [0.717, 1.165) is 30.8 Å². The van der Waals surface area contributed by atoms with E-state index in [9.17, 15) is 20.2 Å². The van der Waals surface area contributed by atoms with Crippen molar-refractivity contribution in [1.29, 1.82) is 0 Å². The molecule has 0 bridgehead atoms. The highest BCUT2D eigenvalue weighted by Crippen LogP contribution is 2.36. The molecule has 31 heavy (non-hydrogen) atoms. The van der Waals surface area contributed by atoms with Gasteiger partial charge in [0.1, 0.15) is 5.75 Å². The number of hydrogen-bond donors (Lipinski definition) is 0. The van der Waals surface area contributed by atoms with E-state index in [-0.39, 0.29) is 17.4 Å². The van der Waals surface area contributed by atoms with Crippen molar-refractivity contribution in [3.8, 4) is 5.75 Å². The molecule has 1 aromatic heterocycles. The third kappa shape index (κ3) is 4.13. The summed E-state index contributed by atoms with van der Waals surface area (Å²) in [6, 6.07) is 15.0. The first-order valence-electron chi connectivity index (χ1n) is 9.92. The Morgan fingerprint density at radius 3 is 2.52 bits per heavy atom. The molecule has 1 aliphatic heterocycles. The maximum absolute atomic E-state index is 11.4. The summed E-state index contributed by atoms with van der Waals surface area (Å²) in [6.45, 7) is 1.96. The van der Waals surface area contributed by atoms with Gasteiger partial charge in [-0.2, -0.15) is 0 Å². The smallest absolute Gasteiger partial charge is 0.270 e. The predicted molar refractivity (Wildman–Crippen MR) is 114 cm³/mol. The number of aromatic nitrogens is 1. The summed E-state index contributed by atoms with van der Waals surface area (Å²) < 4.78 is 7.62. The molecule has 4 rings (SSSR count). The Kier molecular flexibility index (Phi) is 5.68. The van der Waals surface area contributed by atoms with Crippen LogP contribution in [0.3, 0.4) is 0 Å². The first-order valence-corrected chi connectivity index (χ1v) is 9.92. The minimum atomic E-state index is -0.422. The summed E-state index contributed by atoms with van der Waals surface area (Å²) >= 11 is 0. The molecule has 9 heteroatoms. The molecule has 0 aliphatic carbocycles. The highest BCUT2D eigenvalue weighted by Gasteiger charge is 2.29. The molecule has 1 unspecified atom stereocenters. The number of methoxy groups -OCH3 is 1. The van der Waals surface area contributed by atoms with Crippen LogP contribution >= 0.6 is 0 Å². The van der Waals surface area contributed by atoms with Gasteiger partial charge in [-0.05, 0) is 30.2 Å². The Bertz CT molecular complexity index is 1130. The molecular formula is C22H22N4O5. The van der Waals surface area contributed by atoms with Gasteiger partial charge in [0.15, 0.2) is 0 Å². The highest BCUT2D eigenvalue weighted by atomic mass is 16.6. The van der Waals surface area contributed by atoms with E-state index in [4.69, 9.17) is 4.74 Å². The zero-order valence-electron chi connectivity index (χ0n) is 17.0. The van der Waals surface area contributed by atoms with E-state index in [2.05, 4.69) is 9.47 Å². The minimum Gasteiger partial charge on any atom is -0.496 e. The molecule has 0 N–H and O–H groups in total. The third-order valence-corrected chi connectivity index (χ3v) is 5.60. The Hall–Kier alpha value is -3.72. The lowest BCUT2D eigenvalue weighted by atomic mass is 10.00. The molecule has 1 aliphatic rings. The second-order valence-corrected chi connectivity index (χ2v) is 7.46. The lowest BCUT2D eigenvalue weighted by molar-refractivity contribution is -0.385. The molecule has 2 heterocycles. The number of benzene rings is 2. The van der Waals surface area contributed by atoms with Crippen LogP contribution in [0.4, 0.5) is 11.4 Å². The highest BCUT2D eigenvalue weighted by molar-refractivity contribution is 5.44. The number of aryl methyl sites for hydroxylation is 1. The average molecular weight is 422 g/mol. The van der Waals surface area contributed by atoms with Crippen molar-refractivity contribution in [1.82, 2.24) is 9.47 Å². The summed E-state index contributed by atoms with van der Waals surface area (Å²) in [6.07, 6.45) is 2.89. The number of rotatable bonds is 6. The number of fused-ring (bicyclic) bond motifs is 1. The standard InChI is InChI=1S/C22H22N4O5/c1-31-21-9-8-19(26(29)30)14-17(21)15-24-12-4-11-23-10-3-7-20(23)22(24)16-5-2-6-18(13-16)25(27)28/h2-3,5-10,13-14,22H,4,11-12,15H2,1H3. The quantitative estimate of drug-likeness (QED) is 0.433. The van der Waals surface area contributed by atoms with E-state index in [1.54, 1.807) is 18.2 Å². The Morgan fingerprint density at radius 2 is 1.77 bits per heavy atom. The number of hydrogen-bond acceptors (Lipinski definition) is 6. The number of non-ortho nitro benzene ring substituents is 2. The van der Waals surface area contributed by atoms with E-state index >= 15 is 0 Å². The fourth-order valence-corrected chi connectivity index (χ4v) is 4.22. The van der Waals surface area contributed by atoms with Crippen LogP contribution < -0.4 is 4.74 Å². The van der Waals surface area contributed by atoms with Crippen LogP contribution in [-0.2, 0) is 13.1 Å². The van der Waals surface area contributed by atoms with Gasteiger partial charge in [-0.3, -0.25) is 25.1 Å². The molecule has 0 saturated carbocycles. The lowest BCUT2D eigenvalue weighted by Gasteiger charge is -2.31. The van der Waals surface area contributed by atoms with E-state index < -0.39 is 9.85 Å². The maximum atomic E-state index is 11.4. The lowest BCUT2D eigenvalue weighted by Crippen LogP contribution is -2.29. The SMILES string of the molecule is COc1ccc([N+](=O)[O-])cc1CN1CCCn2cccc2C1c1cccc([N+](=O)[O-])c1. The first-order chi connectivity index (χ1) is 15.0. The molecule has 0 radical (unpaired) electrons. The first kappa shape index (κ1) is 20.5. The average Bonchev–Trinajstić information content (AvgIpc) is 3.15. The van der Waals surface area contributed by atoms with Gasteiger partial charge in [0, 0.05) is 61.4 Å². The van der Waals surface area contributed by atoms with Crippen molar-refractivity contribution < 1.29 is 14.6 Å². The third-order valence-electron chi connectivity index (χ3n) is 5.60. The van der Waals surface area contributed by atoms with Crippen LogP contribution in [0.25, 0.3) is 0 Å². The summed E-state index contributed by atoms with van der Waals surface area (Å²) in [7, 11) is 1.54. The van der Waals surface area contributed by atoms with Crippen molar-refractivity contribution in [2.45, 2.75) is 25.6 Å². The van der Waals surface area contributed by atoms with Crippen molar-refractivity contribution >= 4 is 11.4 Å². The molecule has 0 saturated heterocycles. The fraction of sp³-hybridized carbons (Fsp3) is 0.273. The molecule has 160 valence electrons. The topological polar surface area (TPSA) is 104 Å². The number of ether oxygens (including phenoxy) is 1. The van der Waals surface area contributed by atoms with Gasteiger partial charge in [-0.1, -0.05) is 12.1 Å². The molecule has 0 amide bonds. The monoisotopic (exact) mass is 422 g/mol. The van der Waals surface area contributed by atoms with Crippen LogP contribution in [0, 0.1) is 20.2 Å². The van der Waals surface area contributed by atoms with Crippen molar-refractivity contribution in [2.75, 3.05) is 13.7 Å². The van der Waals surface area contributed by atoms with E-state index in [1.807, 2.05) is 24.4 Å². The van der Waals surface area contributed by atoms with Crippen LogP contribution in [0.1, 0.15) is 29.3 Å². The molecule has 0 fully saturated rings. The van der Waals surface area contributed by atoms with E-state index in [0.29, 0.717) is 17.9 Å². The zero-order valence-corrected chi connectivity index (χ0v) is 17.0. The van der Waals surface area contributed by atoms with Crippen LogP contribution in [-0.4, -0.2) is 33.0 Å².